The summed E-state index contributed by atoms with van der Waals surface area (Å²) in [4.78, 5) is 26.6. The summed E-state index contributed by atoms with van der Waals surface area (Å²) in [6.07, 6.45) is 0.742. The zero-order valence-corrected chi connectivity index (χ0v) is 19.1. The number of nitrogens with zero attached hydrogens (tertiary/aromatic N) is 1. The maximum atomic E-state index is 12.6. The van der Waals surface area contributed by atoms with E-state index in [0.717, 1.165) is 5.56 Å². The van der Waals surface area contributed by atoms with Crippen molar-refractivity contribution < 1.29 is 22.7 Å². The van der Waals surface area contributed by atoms with Crippen LogP contribution in [0.1, 0.15) is 18.9 Å². The van der Waals surface area contributed by atoms with Gasteiger partial charge >= 0.3 is 0 Å². The highest BCUT2D eigenvalue weighted by Crippen LogP contribution is 2.22. The summed E-state index contributed by atoms with van der Waals surface area (Å²) >= 11 is 0. The van der Waals surface area contributed by atoms with Crippen molar-refractivity contribution in [2.45, 2.75) is 30.7 Å². The SMILES string of the molecule is COC[C@@H](C)N1C[C@@H](C(=O)Nc2ccc(S(=O)(=O)NCCc3ccccc3)cc2)CC1=O. The van der Waals surface area contributed by atoms with Crippen LogP contribution in [-0.2, 0) is 30.8 Å². The van der Waals surface area contributed by atoms with Crippen LogP contribution in [0.2, 0.25) is 0 Å². The van der Waals surface area contributed by atoms with E-state index in [-0.39, 0.29) is 29.2 Å². The molecule has 2 aromatic rings. The van der Waals surface area contributed by atoms with Crippen LogP contribution in [-0.4, -0.2) is 58.0 Å². The minimum Gasteiger partial charge on any atom is -0.383 e. The molecule has 2 aromatic carbocycles. The fourth-order valence-electron chi connectivity index (χ4n) is 3.68. The Hall–Kier alpha value is -2.75. The first-order valence-corrected chi connectivity index (χ1v) is 12.0. The van der Waals surface area contributed by atoms with Crippen molar-refractivity contribution in [3.8, 4) is 0 Å². The third-order valence-corrected chi connectivity index (χ3v) is 6.93. The second-order valence-electron chi connectivity index (χ2n) is 7.90. The van der Waals surface area contributed by atoms with E-state index in [4.69, 9.17) is 4.74 Å². The number of rotatable bonds is 10. The van der Waals surface area contributed by atoms with Gasteiger partial charge in [-0.15, -0.1) is 0 Å². The van der Waals surface area contributed by atoms with Gasteiger partial charge in [-0.2, -0.15) is 0 Å². The number of ether oxygens (including phenoxy) is 1. The smallest absolute Gasteiger partial charge is 0.240 e. The van der Waals surface area contributed by atoms with Crippen LogP contribution in [0.5, 0.6) is 0 Å². The van der Waals surface area contributed by atoms with Crippen molar-refractivity contribution in [1.82, 2.24) is 9.62 Å². The number of carbonyl (C=O) groups excluding carboxylic acids is 2. The molecule has 0 saturated carbocycles. The van der Waals surface area contributed by atoms with Crippen molar-refractivity contribution in [3.63, 3.8) is 0 Å². The van der Waals surface area contributed by atoms with Crippen LogP contribution in [0.15, 0.2) is 59.5 Å². The fraction of sp³-hybridized carbons (Fsp3) is 0.391. The normalized spacial score (nSPS) is 17.4. The van der Waals surface area contributed by atoms with Gasteiger partial charge in [0.15, 0.2) is 0 Å². The molecule has 0 radical (unpaired) electrons. The van der Waals surface area contributed by atoms with Gasteiger partial charge in [0.1, 0.15) is 0 Å². The van der Waals surface area contributed by atoms with Crippen LogP contribution < -0.4 is 10.0 Å². The molecular weight excluding hydrogens is 430 g/mol. The number of likely N-dealkylation sites (tertiary alicyclic amines) is 1. The highest BCUT2D eigenvalue weighted by atomic mass is 32.2. The molecule has 0 spiro atoms. The molecule has 2 amide bonds. The van der Waals surface area contributed by atoms with Crippen molar-refractivity contribution in [2.75, 3.05) is 32.1 Å². The van der Waals surface area contributed by atoms with Gasteiger partial charge in [-0.25, -0.2) is 13.1 Å². The molecule has 1 aliphatic rings. The minimum absolute atomic E-state index is 0.0716. The van der Waals surface area contributed by atoms with E-state index in [0.29, 0.717) is 31.8 Å². The van der Waals surface area contributed by atoms with Crippen molar-refractivity contribution in [1.29, 1.82) is 0 Å². The molecule has 2 N–H and O–H groups in total. The van der Waals surface area contributed by atoms with Crippen molar-refractivity contribution in [2.24, 2.45) is 5.92 Å². The Morgan fingerprint density at radius 1 is 1.16 bits per heavy atom. The minimum atomic E-state index is -3.65. The van der Waals surface area contributed by atoms with Gasteiger partial charge in [0.05, 0.1) is 23.5 Å². The zero-order chi connectivity index (χ0) is 23.1. The van der Waals surface area contributed by atoms with Crippen LogP contribution in [0.3, 0.4) is 0 Å². The maximum absolute atomic E-state index is 12.6. The monoisotopic (exact) mass is 459 g/mol. The van der Waals surface area contributed by atoms with Crippen LogP contribution >= 0.6 is 0 Å². The maximum Gasteiger partial charge on any atom is 0.240 e. The molecule has 0 bridgehead atoms. The summed E-state index contributed by atoms with van der Waals surface area (Å²) in [6, 6.07) is 15.5. The van der Waals surface area contributed by atoms with Crippen molar-refractivity contribution in [3.05, 3.63) is 60.2 Å². The third-order valence-electron chi connectivity index (χ3n) is 5.45. The Morgan fingerprint density at radius 3 is 2.50 bits per heavy atom. The number of hydrogen-bond acceptors (Lipinski definition) is 5. The third kappa shape index (κ3) is 6.15. The highest BCUT2D eigenvalue weighted by Gasteiger charge is 2.36. The standard InChI is InChI=1S/C23H29N3O5S/c1-17(16-31-2)26-15-19(14-22(26)27)23(28)25-20-8-10-21(11-9-20)32(29,30)24-13-12-18-6-4-3-5-7-18/h3-11,17,19,24H,12-16H2,1-2H3,(H,25,28)/t17-,19+/m1/s1. The lowest BCUT2D eigenvalue weighted by Gasteiger charge is -2.23. The van der Waals surface area contributed by atoms with Crippen LogP contribution in [0, 0.1) is 5.92 Å². The molecule has 32 heavy (non-hydrogen) atoms. The number of carbonyl (C=O) groups is 2. The molecule has 1 saturated heterocycles. The Morgan fingerprint density at radius 2 is 1.84 bits per heavy atom. The number of amides is 2. The lowest BCUT2D eigenvalue weighted by Crippen LogP contribution is -2.38. The molecule has 172 valence electrons. The molecular formula is C23H29N3O5S. The molecule has 3 rings (SSSR count). The average molecular weight is 460 g/mol. The molecule has 0 unspecified atom stereocenters. The number of anilines is 1. The van der Waals surface area contributed by atoms with Gasteiger partial charge in [0.2, 0.25) is 21.8 Å². The Kier molecular flexibility index (Phi) is 8.00. The Labute approximate surface area is 189 Å². The van der Waals surface area contributed by atoms with E-state index in [1.54, 1.807) is 24.1 Å². The summed E-state index contributed by atoms with van der Waals surface area (Å²) in [6.45, 7) is 2.93. The molecule has 1 fully saturated rings. The number of sulfonamides is 1. The van der Waals surface area contributed by atoms with Crippen LogP contribution in [0.25, 0.3) is 0 Å². The predicted octanol–water partition coefficient (Wildman–Crippen LogP) is 2.03. The van der Waals surface area contributed by atoms with E-state index < -0.39 is 15.9 Å². The zero-order valence-electron chi connectivity index (χ0n) is 18.3. The highest BCUT2D eigenvalue weighted by molar-refractivity contribution is 7.89. The summed E-state index contributed by atoms with van der Waals surface area (Å²) < 4.78 is 32.7. The summed E-state index contributed by atoms with van der Waals surface area (Å²) in [5, 5.41) is 2.77. The summed E-state index contributed by atoms with van der Waals surface area (Å²) in [7, 11) is -2.07. The van der Waals surface area contributed by atoms with E-state index in [9.17, 15) is 18.0 Å². The van der Waals surface area contributed by atoms with Gasteiger partial charge in [0, 0.05) is 32.3 Å². The molecule has 0 aliphatic carbocycles. The number of methoxy groups -OCH3 is 1. The first-order valence-electron chi connectivity index (χ1n) is 10.5. The lowest BCUT2D eigenvalue weighted by atomic mass is 10.1. The topological polar surface area (TPSA) is 105 Å². The number of nitrogens with one attached hydrogen (secondary N) is 2. The summed E-state index contributed by atoms with van der Waals surface area (Å²) in [5.41, 5.74) is 1.53. The largest absolute Gasteiger partial charge is 0.383 e. The Bertz CT molecular complexity index is 1030. The van der Waals surface area contributed by atoms with Crippen LogP contribution in [0.4, 0.5) is 5.69 Å². The van der Waals surface area contributed by atoms with E-state index in [1.807, 2.05) is 37.3 Å². The molecule has 8 nitrogen and oxygen atoms in total. The average Bonchev–Trinajstić information content (AvgIpc) is 3.17. The van der Waals surface area contributed by atoms with Gasteiger partial charge in [-0.3, -0.25) is 9.59 Å². The molecule has 1 aliphatic heterocycles. The number of hydrogen-bond donors (Lipinski definition) is 2. The Balaban J connectivity index is 1.53. The van der Waals surface area contributed by atoms with Gasteiger partial charge in [0.25, 0.3) is 0 Å². The van der Waals surface area contributed by atoms with Crippen molar-refractivity contribution >= 4 is 27.5 Å². The molecule has 0 aromatic heterocycles. The molecule has 1 heterocycles. The quantitative estimate of drug-likeness (QED) is 0.566. The first-order chi connectivity index (χ1) is 15.3. The first kappa shape index (κ1) is 23.9. The van der Waals surface area contributed by atoms with E-state index in [1.165, 1.54) is 12.1 Å². The summed E-state index contributed by atoms with van der Waals surface area (Å²) in [5.74, 6) is -0.787. The van der Waals surface area contributed by atoms with Gasteiger partial charge in [-0.1, -0.05) is 30.3 Å². The van der Waals surface area contributed by atoms with E-state index in [2.05, 4.69) is 10.0 Å². The fourth-order valence-corrected chi connectivity index (χ4v) is 4.72. The predicted molar refractivity (Wildman–Crippen MR) is 122 cm³/mol. The molecule has 2 atom stereocenters. The molecule has 9 heteroatoms. The second-order valence-corrected chi connectivity index (χ2v) is 9.67. The number of benzene rings is 2. The van der Waals surface area contributed by atoms with Gasteiger partial charge in [-0.05, 0) is 43.2 Å². The lowest BCUT2D eigenvalue weighted by molar-refractivity contribution is -0.130. The second kappa shape index (κ2) is 10.7. The van der Waals surface area contributed by atoms with Gasteiger partial charge < -0.3 is 15.0 Å². The van der Waals surface area contributed by atoms with E-state index >= 15 is 0 Å².